The Balaban J connectivity index is 3.40. The number of rotatable bonds is 36. The molecule has 0 heterocycles. The second-order valence-electron chi connectivity index (χ2n) is 13.0. The van der Waals surface area contributed by atoms with Gasteiger partial charge in [0.25, 0.3) is 0 Å². The lowest BCUT2D eigenvalue weighted by Gasteiger charge is -2.15. The lowest BCUT2D eigenvalue weighted by molar-refractivity contribution is -0.154. The van der Waals surface area contributed by atoms with Crippen molar-refractivity contribution in [1.29, 1.82) is 0 Å². The van der Waals surface area contributed by atoms with Crippen LogP contribution in [0.15, 0.2) is 12.2 Å². The summed E-state index contributed by atoms with van der Waals surface area (Å²) in [5.74, 6) is -0.206. The van der Waals surface area contributed by atoms with Gasteiger partial charge < -0.3 is 14.6 Å². The van der Waals surface area contributed by atoms with Crippen LogP contribution in [0, 0.1) is 0 Å². The van der Waals surface area contributed by atoms with E-state index in [4.69, 9.17) is 9.47 Å². The molecule has 0 spiro atoms. The van der Waals surface area contributed by atoms with Crippen LogP contribution in [-0.4, -0.2) is 37.0 Å². The van der Waals surface area contributed by atoms with Crippen LogP contribution in [-0.2, 0) is 14.3 Å². The first kappa shape index (κ1) is 42.1. The lowest BCUT2D eigenvalue weighted by atomic mass is 10.0. The molecule has 0 rings (SSSR count). The number of hydrogen-bond acceptors (Lipinski definition) is 4. The fourth-order valence-corrected chi connectivity index (χ4v) is 5.68. The second kappa shape index (κ2) is 37.3. The number of allylic oxidation sites excluding steroid dienone is 2. The van der Waals surface area contributed by atoms with E-state index in [2.05, 4.69) is 26.0 Å². The molecule has 4 nitrogen and oxygen atoms in total. The number of hydrogen-bond donors (Lipinski definition) is 1. The molecule has 0 fully saturated rings. The van der Waals surface area contributed by atoms with E-state index in [1.165, 1.54) is 167 Å². The van der Waals surface area contributed by atoms with Crippen LogP contribution in [0.5, 0.6) is 0 Å². The fourth-order valence-electron chi connectivity index (χ4n) is 5.68. The van der Waals surface area contributed by atoms with Crippen LogP contribution >= 0.6 is 0 Å². The van der Waals surface area contributed by atoms with Crippen LogP contribution in [0.2, 0.25) is 0 Å². The Morgan fingerprint density at radius 2 is 0.907 bits per heavy atom. The highest BCUT2D eigenvalue weighted by Crippen LogP contribution is 2.14. The van der Waals surface area contributed by atoms with Crippen molar-refractivity contribution in [3.8, 4) is 0 Å². The highest BCUT2D eigenvalue weighted by atomic mass is 16.6. The van der Waals surface area contributed by atoms with Crippen molar-refractivity contribution in [3.05, 3.63) is 12.2 Å². The predicted octanol–water partition coefficient (Wildman–Crippen LogP) is 12.2. The molecule has 0 saturated carbocycles. The molecule has 0 saturated heterocycles. The molecule has 0 bridgehead atoms. The minimum Gasteiger partial charge on any atom is -0.457 e. The van der Waals surface area contributed by atoms with Gasteiger partial charge in [-0.15, -0.1) is 0 Å². The summed E-state index contributed by atoms with van der Waals surface area (Å²) < 4.78 is 11.1. The van der Waals surface area contributed by atoms with E-state index in [0.717, 1.165) is 19.3 Å². The molecule has 1 N–H and O–H groups in total. The van der Waals surface area contributed by atoms with Gasteiger partial charge in [-0.3, -0.25) is 4.79 Å². The van der Waals surface area contributed by atoms with Crippen molar-refractivity contribution in [2.45, 2.75) is 213 Å². The summed E-state index contributed by atoms with van der Waals surface area (Å²) in [5.41, 5.74) is 0. The normalized spacial score (nSPS) is 12.3. The fraction of sp³-hybridized carbons (Fsp3) is 0.923. The maximum Gasteiger partial charge on any atom is 0.306 e. The predicted molar refractivity (Wildman–Crippen MR) is 187 cm³/mol. The molecule has 0 aromatic carbocycles. The first-order chi connectivity index (χ1) is 21.2. The quantitative estimate of drug-likeness (QED) is 0.0437. The van der Waals surface area contributed by atoms with Gasteiger partial charge in [0.05, 0.1) is 13.2 Å². The molecule has 0 aliphatic carbocycles. The molecule has 4 heteroatoms. The Bertz CT molecular complexity index is 561. The van der Waals surface area contributed by atoms with Gasteiger partial charge in [0.15, 0.2) is 0 Å². The van der Waals surface area contributed by atoms with Gasteiger partial charge in [-0.25, -0.2) is 0 Å². The van der Waals surface area contributed by atoms with Gasteiger partial charge in [0.1, 0.15) is 6.10 Å². The molecule has 0 aromatic rings. The van der Waals surface area contributed by atoms with Gasteiger partial charge in [-0.1, -0.05) is 174 Å². The zero-order valence-corrected chi connectivity index (χ0v) is 29.2. The largest absolute Gasteiger partial charge is 0.457 e. The third kappa shape index (κ3) is 35.5. The molecule has 1 atom stereocenters. The highest BCUT2D eigenvalue weighted by molar-refractivity contribution is 5.69. The van der Waals surface area contributed by atoms with E-state index in [1.54, 1.807) is 0 Å². The van der Waals surface area contributed by atoms with Crippen molar-refractivity contribution in [1.82, 2.24) is 0 Å². The van der Waals surface area contributed by atoms with E-state index in [-0.39, 0.29) is 12.6 Å². The van der Waals surface area contributed by atoms with E-state index < -0.39 is 6.10 Å². The highest BCUT2D eigenvalue weighted by Gasteiger charge is 2.13. The molecule has 0 aliphatic rings. The van der Waals surface area contributed by atoms with E-state index in [1.807, 2.05) is 0 Å². The molecule has 0 amide bonds. The Morgan fingerprint density at radius 1 is 0.535 bits per heavy atom. The van der Waals surface area contributed by atoms with Crippen molar-refractivity contribution in [2.75, 3.05) is 19.8 Å². The van der Waals surface area contributed by atoms with E-state index >= 15 is 0 Å². The topological polar surface area (TPSA) is 55.8 Å². The van der Waals surface area contributed by atoms with Gasteiger partial charge >= 0.3 is 5.97 Å². The van der Waals surface area contributed by atoms with Crippen LogP contribution in [0.3, 0.4) is 0 Å². The first-order valence-corrected chi connectivity index (χ1v) is 19.3. The Hall–Kier alpha value is -0.870. The monoisotopic (exact) mass is 609 g/mol. The molecular weight excluding hydrogens is 532 g/mol. The third-order valence-corrected chi connectivity index (χ3v) is 8.59. The summed E-state index contributed by atoms with van der Waals surface area (Å²) in [7, 11) is 0. The van der Waals surface area contributed by atoms with Crippen molar-refractivity contribution in [3.63, 3.8) is 0 Å². The van der Waals surface area contributed by atoms with Gasteiger partial charge in [0, 0.05) is 13.0 Å². The Labute approximate surface area is 269 Å². The van der Waals surface area contributed by atoms with Gasteiger partial charge in [-0.2, -0.15) is 0 Å². The summed E-state index contributed by atoms with van der Waals surface area (Å²) in [6.45, 7) is 5.36. The minimum atomic E-state index is -0.531. The third-order valence-electron chi connectivity index (χ3n) is 8.59. The number of carbonyl (C=O) groups excluding carboxylic acids is 1. The molecule has 0 aromatic heterocycles. The summed E-state index contributed by atoms with van der Waals surface area (Å²) >= 11 is 0. The van der Waals surface area contributed by atoms with Crippen molar-refractivity contribution >= 4 is 5.97 Å². The number of ether oxygens (including phenoxy) is 2. The van der Waals surface area contributed by atoms with Crippen LogP contribution < -0.4 is 0 Å². The smallest absolute Gasteiger partial charge is 0.306 e. The van der Waals surface area contributed by atoms with E-state index in [9.17, 15) is 9.90 Å². The van der Waals surface area contributed by atoms with E-state index in [0.29, 0.717) is 19.6 Å². The summed E-state index contributed by atoms with van der Waals surface area (Å²) in [6, 6.07) is 0. The number of carbonyl (C=O) groups is 1. The molecule has 256 valence electrons. The van der Waals surface area contributed by atoms with Gasteiger partial charge in [-0.05, 0) is 38.5 Å². The average Bonchev–Trinajstić information content (AvgIpc) is 3.01. The molecular formula is C39H76O4. The van der Waals surface area contributed by atoms with Gasteiger partial charge in [0.2, 0.25) is 0 Å². The number of aliphatic hydroxyl groups excluding tert-OH is 1. The molecule has 43 heavy (non-hydrogen) atoms. The van der Waals surface area contributed by atoms with Crippen LogP contribution in [0.4, 0.5) is 0 Å². The maximum atomic E-state index is 12.1. The molecule has 0 aliphatic heterocycles. The van der Waals surface area contributed by atoms with Crippen LogP contribution in [0.1, 0.15) is 206 Å². The minimum absolute atomic E-state index is 0.170. The van der Waals surface area contributed by atoms with Crippen molar-refractivity contribution in [2.24, 2.45) is 0 Å². The molecule has 1 unspecified atom stereocenters. The summed E-state index contributed by atoms with van der Waals surface area (Å²) in [5, 5.41) is 9.56. The summed E-state index contributed by atoms with van der Waals surface area (Å²) in [6.07, 6.45) is 42.5. The maximum absolute atomic E-state index is 12.1. The number of aliphatic hydroxyl groups is 1. The standard InChI is InChI=1S/C39H76O4/c1-3-5-7-9-11-13-15-17-19-20-21-23-25-27-29-31-33-35-42-37-38(36-40)43-39(41)34-32-30-28-26-24-22-18-16-14-12-10-8-6-4-2/h16,18,38,40H,3-15,17,19-37H2,1-2H3/b18-16-. The summed E-state index contributed by atoms with van der Waals surface area (Å²) in [4.78, 5) is 12.1. The lowest BCUT2D eigenvalue weighted by Crippen LogP contribution is -2.27. The van der Waals surface area contributed by atoms with Crippen LogP contribution in [0.25, 0.3) is 0 Å². The Kier molecular flexibility index (Phi) is 36.6. The second-order valence-corrected chi connectivity index (χ2v) is 13.0. The molecule has 0 radical (unpaired) electrons. The first-order valence-electron chi connectivity index (χ1n) is 19.3. The SMILES string of the molecule is CCCCCCC/C=C\CCCCCCCC(=O)OC(CO)COCCCCCCCCCCCCCCCCCCC. The number of esters is 1. The average molecular weight is 609 g/mol. The number of unbranched alkanes of at least 4 members (excludes halogenated alkanes) is 26. The van der Waals surface area contributed by atoms with Crippen molar-refractivity contribution < 1.29 is 19.4 Å². The Morgan fingerprint density at radius 3 is 1.33 bits per heavy atom. The zero-order valence-electron chi connectivity index (χ0n) is 29.2. The zero-order chi connectivity index (χ0) is 31.3.